The summed E-state index contributed by atoms with van der Waals surface area (Å²) in [5.41, 5.74) is -1.77. The fourth-order valence-electron chi connectivity index (χ4n) is 6.19. The molecular weight excluding hydrogens is 551 g/mol. The molecule has 0 aliphatic heterocycles. The largest absolute Gasteiger partial charge is 0.419 e. The molecule has 3 nitrogen and oxygen atoms in total. The van der Waals surface area contributed by atoms with E-state index in [-0.39, 0.29) is 45.6 Å². The van der Waals surface area contributed by atoms with Gasteiger partial charge in [0.25, 0.3) is 0 Å². The molecule has 0 unspecified atom stereocenters. The highest BCUT2D eigenvalue weighted by Crippen LogP contribution is 2.49. The van der Waals surface area contributed by atoms with Gasteiger partial charge in [-0.2, -0.15) is 26.3 Å². The Bertz CT molecular complexity index is 1480. The quantitative estimate of drug-likeness (QED) is 0.248. The number of aliphatic hydroxyl groups excluding tert-OH is 1. The third-order valence-electron chi connectivity index (χ3n) is 8.07. The zero-order valence-corrected chi connectivity index (χ0v) is 22.4. The Kier molecular flexibility index (Phi) is 7.29. The first-order valence-electron chi connectivity index (χ1n) is 13.4. The van der Waals surface area contributed by atoms with Gasteiger partial charge in [0.15, 0.2) is 5.78 Å². The lowest BCUT2D eigenvalue weighted by Gasteiger charge is -2.37. The number of rotatable bonds is 4. The average Bonchev–Trinajstić information content (AvgIpc) is 3.40. The average molecular weight is 580 g/mol. The van der Waals surface area contributed by atoms with Gasteiger partial charge in [0.05, 0.1) is 28.5 Å². The molecule has 1 aromatic heterocycles. The van der Waals surface area contributed by atoms with E-state index in [0.717, 1.165) is 43.2 Å². The van der Waals surface area contributed by atoms with Crippen LogP contribution >= 0.6 is 0 Å². The van der Waals surface area contributed by atoms with Crippen molar-refractivity contribution in [2.24, 2.45) is 5.41 Å². The van der Waals surface area contributed by atoms with Crippen LogP contribution in [0, 0.1) is 11.2 Å². The Hall–Kier alpha value is -3.27. The van der Waals surface area contributed by atoms with Gasteiger partial charge in [0.1, 0.15) is 5.82 Å². The van der Waals surface area contributed by atoms with E-state index >= 15 is 0 Å². The van der Waals surface area contributed by atoms with Crippen LogP contribution in [-0.4, -0.2) is 15.9 Å². The third-order valence-corrected chi connectivity index (χ3v) is 8.07. The molecule has 0 amide bonds. The summed E-state index contributed by atoms with van der Waals surface area (Å²) in [7, 11) is 0. The normalized spacial score (nSPS) is 19.3. The molecule has 2 aliphatic rings. The highest BCUT2D eigenvalue weighted by atomic mass is 19.4. The lowest BCUT2D eigenvalue weighted by molar-refractivity contribution is -0.140. The van der Waals surface area contributed by atoms with Crippen LogP contribution in [0.15, 0.2) is 42.5 Å². The molecule has 0 saturated heterocycles. The van der Waals surface area contributed by atoms with E-state index in [1.165, 1.54) is 0 Å². The van der Waals surface area contributed by atoms with Crippen LogP contribution in [-0.2, 0) is 18.8 Å². The summed E-state index contributed by atoms with van der Waals surface area (Å²) < 4.78 is 94.7. The highest BCUT2D eigenvalue weighted by molar-refractivity contribution is 6.14. The second kappa shape index (κ2) is 10.2. The molecular formula is C31H28F7NO2. The first kappa shape index (κ1) is 29.2. The predicted octanol–water partition coefficient (Wildman–Crippen LogP) is 8.82. The predicted molar refractivity (Wildman–Crippen MR) is 138 cm³/mol. The second-order valence-corrected chi connectivity index (χ2v) is 11.7. The highest BCUT2D eigenvalue weighted by Gasteiger charge is 2.40. The number of fused-ring (bicyclic) bond motifs is 1. The van der Waals surface area contributed by atoms with E-state index in [9.17, 15) is 40.6 Å². The van der Waals surface area contributed by atoms with Crippen molar-refractivity contribution in [1.29, 1.82) is 0 Å². The van der Waals surface area contributed by atoms with Gasteiger partial charge in [-0.3, -0.25) is 9.78 Å². The molecule has 1 saturated carbocycles. The first-order chi connectivity index (χ1) is 19.1. The zero-order chi connectivity index (χ0) is 29.9. The lowest BCUT2D eigenvalue weighted by Crippen LogP contribution is -2.29. The molecule has 0 spiro atoms. The number of alkyl halides is 6. The Morgan fingerprint density at radius 3 is 2.15 bits per heavy atom. The standard InChI is InChI=1S/C31H28F7NO2/c1-29(2)14-22-25(23(40)15-29)24(18-9-12-20(21(32)13-18)31(36,37)38)26(27(39-22)16-5-3-4-6-16)28(41)17-7-10-19(11-8-17)30(33,34)35/h7-13,16,23,40H,3-6,14-15H2,1-2H3/t23-/m0/s1. The second-order valence-electron chi connectivity index (χ2n) is 11.7. The zero-order valence-electron chi connectivity index (χ0n) is 22.4. The fourth-order valence-corrected chi connectivity index (χ4v) is 6.19. The fraction of sp³-hybridized carbons (Fsp3) is 0.419. The molecule has 0 bridgehead atoms. The summed E-state index contributed by atoms with van der Waals surface area (Å²) in [4.78, 5) is 19.0. The van der Waals surface area contributed by atoms with Gasteiger partial charge in [0.2, 0.25) is 0 Å². The van der Waals surface area contributed by atoms with Crippen LogP contribution in [0.25, 0.3) is 11.1 Å². The molecule has 218 valence electrons. The van der Waals surface area contributed by atoms with Crippen LogP contribution in [0.3, 0.4) is 0 Å². The SMILES string of the molecule is CC1(C)Cc2nc(C3CCCC3)c(C(=O)c3ccc(C(F)(F)F)cc3)c(-c3ccc(C(F)(F)F)c(F)c3)c2[C@@H](O)C1. The summed E-state index contributed by atoms with van der Waals surface area (Å²) in [6.07, 6.45) is -6.97. The molecule has 1 fully saturated rings. The van der Waals surface area contributed by atoms with Crippen LogP contribution in [0.5, 0.6) is 0 Å². The van der Waals surface area contributed by atoms with E-state index in [1.54, 1.807) is 0 Å². The van der Waals surface area contributed by atoms with E-state index in [2.05, 4.69) is 0 Å². The summed E-state index contributed by atoms with van der Waals surface area (Å²) >= 11 is 0. The number of nitrogens with zero attached hydrogens (tertiary/aromatic N) is 1. The van der Waals surface area contributed by atoms with Gasteiger partial charge in [-0.1, -0.05) is 44.9 Å². The van der Waals surface area contributed by atoms with Crippen molar-refractivity contribution in [3.05, 3.63) is 87.5 Å². The van der Waals surface area contributed by atoms with Crippen LogP contribution in [0.2, 0.25) is 0 Å². The molecule has 0 radical (unpaired) electrons. The van der Waals surface area contributed by atoms with Crippen molar-refractivity contribution < 1.29 is 40.6 Å². The van der Waals surface area contributed by atoms with E-state index in [4.69, 9.17) is 4.98 Å². The van der Waals surface area contributed by atoms with Crippen LogP contribution in [0.1, 0.15) is 102 Å². The minimum absolute atomic E-state index is 0.0201. The van der Waals surface area contributed by atoms with Crippen molar-refractivity contribution >= 4 is 5.78 Å². The Morgan fingerprint density at radius 1 is 0.951 bits per heavy atom. The lowest BCUT2D eigenvalue weighted by atomic mass is 9.71. The minimum atomic E-state index is -4.95. The smallest absolute Gasteiger partial charge is 0.388 e. The van der Waals surface area contributed by atoms with Gasteiger partial charge in [0, 0.05) is 28.3 Å². The maximum absolute atomic E-state index is 14.9. The minimum Gasteiger partial charge on any atom is -0.388 e. The molecule has 10 heteroatoms. The van der Waals surface area contributed by atoms with Crippen LogP contribution < -0.4 is 0 Å². The number of aliphatic hydroxyl groups is 1. The molecule has 3 aromatic rings. The Balaban J connectivity index is 1.81. The monoisotopic (exact) mass is 579 g/mol. The number of benzene rings is 2. The molecule has 41 heavy (non-hydrogen) atoms. The maximum Gasteiger partial charge on any atom is 0.419 e. The van der Waals surface area contributed by atoms with Gasteiger partial charge >= 0.3 is 12.4 Å². The van der Waals surface area contributed by atoms with Crippen molar-refractivity contribution in [2.45, 2.75) is 76.7 Å². The number of hydrogen-bond donors (Lipinski definition) is 1. The van der Waals surface area contributed by atoms with E-state index in [1.807, 2.05) is 13.8 Å². The number of carbonyl (C=O) groups is 1. The number of halogens is 7. The summed E-state index contributed by atoms with van der Waals surface area (Å²) in [5, 5.41) is 11.3. The molecule has 2 aromatic carbocycles. The van der Waals surface area contributed by atoms with Crippen molar-refractivity contribution in [3.63, 3.8) is 0 Å². The first-order valence-corrected chi connectivity index (χ1v) is 13.4. The molecule has 1 N–H and O–H groups in total. The summed E-state index contributed by atoms with van der Waals surface area (Å²) in [6, 6.07) is 6.01. The van der Waals surface area contributed by atoms with Gasteiger partial charge in [-0.25, -0.2) is 4.39 Å². The van der Waals surface area contributed by atoms with Crippen molar-refractivity contribution in [1.82, 2.24) is 4.98 Å². The Morgan fingerprint density at radius 2 is 1.59 bits per heavy atom. The molecule has 1 atom stereocenters. The molecule has 1 heterocycles. The number of hydrogen-bond acceptors (Lipinski definition) is 3. The maximum atomic E-state index is 14.9. The molecule has 5 rings (SSSR count). The molecule has 2 aliphatic carbocycles. The topological polar surface area (TPSA) is 50.2 Å². The van der Waals surface area contributed by atoms with Crippen LogP contribution in [0.4, 0.5) is 30.7 Å². The van der Waals surface area contributed by atoms with Crippen molar-refractivity contribution in [2.75, 3.05) is 0 Å². The summed E-state index contributed by atoms with van der Waals surface area (Å²) in [6.45, 7) is 3.88. The van der Waals surface area contributed by atoms with Gasteiger partial charge in [-0.05, 0) is 60.9 Å². The number of pyridine rings is 1. The number of ketones is 1. The van der Waals surface area contributed by atoms with Crippen molar-refractivity contribution in [3.8, 4) is 11.1 Å². The van der Waals surface area contributed by atoms with Gasteiger partial charge in [-0.15, -0.1) is 0 Å². The number of aromatic nitrogens is 1. The van der Waals surface area contributed by atoms with E-state index < -0.39 is 41.2 Å². The number of carbonyl (C=O) groups excluding carboxylic acids is 1. The third kappa shape index (κ3) is 5.63. The summed E-state index contributed by atoms with van der Waals surface area (Å²) in [5.74, 6) is -2.42. The van der Waals surface area contributed by atoms with Gasteiger partial charge < -0.3 is 5.11 Å². The van der Waals surface area contributed by atoms with E-state index in [0.29, 0.717) is 42.8 Å². The Labute approximate surface area is 232 Å².